The summed E-state index contributed by atoms with van der Waals surface area (Å²) >= 11 is 1.52. The van der Waals surface area contributed by atoms with E-state index >= 15 is 0 Å². The zero-order valence-electron chi connectivity index (χ0n) is 17.0. The molecule has 1 saturated heterocycles. The van der Waals surface area contributed by atoms with Crippen molar-refractivity contribution >= 4 is 29.0 Å². The number of nitrogens with zero attached hydrogens (tertiary/aromatic N) is 2. The molecule has 3 aromatic rings. The second-order valence-corrected chi connectivity index (χ2v) is 8.02. The molecule has 0 spiro atoms. The van der Waals surface area contributed by atoms with Gasteiger partial charge < -0.3 is 20.3 Å². The Kier molecular flexibility index (Phi) is 6.78. The third kappa shape index (κ3) is 5.82. The second-order valence-electron chi connectivity index (χ2n) is 7.30. The number of hydrogen-bond donors (Lipinski definition) is 2. The molecule has 0 aliphatic carbocycles. The fraction of sp³-hybridized carbons (Fsp3) is 0.261. The molecule has 3 amide bonds. The lowest BCUT2D eigenvalue weighted by atomic mass is 10.1. The van der Waals surface area contributed by atoms with E-state index in [1.54, 1.807) is 17.6 Å². The van der Waals surface area contributed by atoms with Gasteiger partial charge in [0.2, 0.25) is 5.91 Å². The molecule has 160 valence electrons. The van der Waals surface area contributed by atoms with Gasteiger partial charge in [0.1, 0.15) is 12.4 Å². The highest BCUT2D eigenvalue weighted by Gasteiger charge is 2.25. The van der Waals surface area contributed by atoms with Crippen LogP contribution in [0.4, 0.5) is 10.5 Å². The third-order valence-electron chi connectivity index (χ3n) is 5.04. The Bertz CT molecular complexity index is 1010. The molecule has 1 aliphatic rings. The van der Waals surface area contributed by atoms with Crippen LogP contribution in [0.25, 0.3) is 0 Å². The summed E-state index contributed by atoms with van der Waals surface area (Å²) in [6.45, 7) is 1.55. The fourth-order valence-electron chi connectivity index (χ4n) is 3.49. The number of amides is 3. The number of carbonyl (C=O) groups is 2. The van der Waals surface area contributed by atoms with Crippen LogP contribution in [0.1, 0.15) is 30.1 Å². The molecule has 2 aromatic carbocycles. The quantitative estimate of drug-likeness (QED) is 0.554. The number of nitrogens with one attached hydrogen (secondary N) is 2. The van der Waals surface area contributed by atoms with Crippen LogP contribution in [-0.4, -0.2) is 34.9 Å². The summed E-state index contributed by atoms with van der Waals surface area (Å²) < 4.78 is 5.75. The van der Waals surface area contributed by atoms with E-state index in [2.05, 4.69) is 15.6 Å². The molecule has 2 heterocycles. The number of carbonyl (C=O) groups excluding carboxylic acids is 2. The van der Waals surface area contributed by atoms with Crippen molar-refractivity contribution in [2.75, 3.05) is 18.4 Å². The summed E-state index contributed by atoms with van der Waals surface area (Å²) in [6, 6.07) is 16.3. The van der Waals surface area contributed by atoms with Crippen molar-refractivity contribution in [2.24, 2.45) is 0 Å². The molecule has 7 nitrogen and oxygen atoms in total. The highest BCUT2D eigenvalue weighted by molar-refractivity contribution is 7.07. The van der Waals surface area contributed by atoms with E-state index < -0.39 is 0 Å². The first-order chi connectivity index (χ1) is 15.2. The van der Waals surface area contributed by atoms with Crippen LogP contribution in [0.15, 0.2) is 65.5 Å². The summed E-state index contributed by atoms with van der Waals surface area (Å²) in [6.07, 6.45) is 1.43. The minimum Gasteiger partial charge on any atom is -0.487 e. The summed E-state index contributed by atoms with van der Waals surface area (Å²) in [5.74, 6) is 0.779. The predicted octanol–water partition coefficient (Wildman–Crippen LogP) is 4.21. The van der Waals surface area contributed by atoms with Gasteiger partial charge in [0, 0.05) is 36.6 Å². The van der Waals surface area contributed by atoms with Crippen LogP contribution in [-0.2, 0) is 11.4 Å². The second kappa shape index (κ2) is 10.1. The van der Waals surface area contributed by atoms with Crippen molar-refractivity contribution in [1.82, 2.24) is 15.2 Å². The Hall–Kier alpha value is -3.39. The van der Waals surface area contributed by atoms with E-state index in [4.69, 9.17) is 4.74 Å². The maximum absolute atomic E-state index is 12.7. The molecular formula is C23H24N4O3S. The molecular weight excluding hydrogens is 412 g/mol. The first kappa shape index (κ1) is 20.9. The molecule has 31 heavy (non-hydrogen) atoms. The first-order valence-electron chi connectivity index (χ1n) is 10.2. The number of ether oxygens (including phenoxy) is 1. The van der Waals surface area contributed by atoms with E-state index in [1.165, 1.54) is 11.3 Å². The zero-order chi connectivity index (χ0) is 21.5. The molecule has 8 heteroatoms. The number of hydrogen-bond acceptors (Lipinski definition) is 5. The van der Waals surface area contributed by atoms with E-state index in [0.717, 1.165) is 24.2 Å². The van der Waals surface area contributed by atoms with Crippen molar-refractivity contribution in [3.05, 3.63) is 76.7 Å². The van der Waals surface area contributed by atoms with Gasteiger partial charge in [-0.15, -0.1) is 11.3 Å². The van der Waals surface area contributed by atoms with Gasteiger partial charge in [0.25, 0.3) is 0 Å². The SMILES string of the molecule is O=C(Nc1cccc(OCc2cscn2)c1)NC(CN1CCCC1=O)c1ccccc1. The molecule has 1 aromatic heterocycles. The zero-order valence-corrected chi connectivity index (χ0v) is 17.8. The Balaban J connectivity index is 1.39. The Morgan fingerprint density at radius 2 is 2.06 bits per heavy atom. The Labute approximate surface area is 185 Å². The van der Waals surface area contributed by atoms with Crippen LogP contribution >= 0.6 is 11.3 Å². The molecule has 0 saturated carbocycles. The van der Waals surface area contributed by atoms with Crippen molar-refractivity contribution in [2.45, 2.75) is 25.5 Å². The van der Waals surface area contributed by atoms with Crippen LogP contribution in [0.2, 0.25) is 0 Å². The van der Waals surface area contributed by atoms with Gasteiger partial charge in [-0.25, -0.2) is 9.78 Å². The van der Waals surface area contributed by atoms with Gasteiger partial charge in [-0.05, 0) is 24.1 Å². The van der Waals surface area contributed by atoms with E-state index in [9.17, 15) is 9.59 Å². The van der Waals surface area contributed by atoms with Crippen LogP contribution < -0.4 is 15.4 Å². The lowest BCUT2D eigenvalue weighted by molar-refractivity contribution is -0.128. The minimum absolute atomic E-state index is 0.133. The van der Waals surface area contributed by atoms with Gasteiger partial charge in [-0.1, -0.05) is 36.4 Å². The highest BCUT2D eigenvalue weighted by Crippen LogP contribution is 2.21. The summed E-state index contributed by atoms with van der Waals surface area (Å²) in [5, 5.41) is 7.81. The smallest absolute Gasteiger partial charge is 0.319 e. The van der Waals surface area contributed by atoms with E-state index in [0.29, 0.717) is 31.0 Å². The van der Waals surface area contributed by atoms with Crippen molar-refractivity contribution in [3.8, 4) is 5.75 Å². The average Bonchev–Trinajstić information content (AvgIpc) is 3.45. The minimum atomic E-state index is -0.336. The Morgan fingerprint density at radius 3 is 2.81 bits per heavy atom. The van der Waals surface area contributed by atoms with Crippen molar-refractivity contribution in [1.29, 1.82) is 0 Å². The molecule has 1 aliphatic heterocycles. The molecule has 4 rings (SSSR count). The average molecular weight is 437 g/mol. The third-order valence-corrected chi connectivity index (χ3v) is 5.68. The number of thiazole rings is 1. The van der Waals surface area contributed by atoms with Gasteiger partial charge in [-0.3, -0.25) is 4.79 Å². The van der Waals surface area contributed by atoms with Crippen LogP contribution in [0.5, 0.6) is 5.75 Å². The number of rotatable bonds is 8. The normalized spacial score (nSPS) is 14.3. The van der Waals surface area contributed by atoms with Gasteiger partial charge in [0.05, 0.1) is 17.2 Å². The van der Waals surface area contributed by atoms with Gasteiger partial charge >= 0.3 is 6.03 Å². The van der Waals surface area contributed by atoms with Crippen LogP contribution in [0, 0.1) is 0 Å². The van der Waals surface area contributed by atoms with Crippen LogP contribution in [0.3, 0.4) is 0 Å². The van der Waals surface area contributed by atoms with Crippen molar-refractivity contribution < 1.29 is 14.3 Å². The lowest BCUT2D eigenvalue weighted by Gasteiger charge is -2.25. The molecule has 1 atom stereocenters. The molecule has 1 fully saturated rings. The summed E-state index contributed by atoms with van der Waals surface area (Å²) in [7, 11) is 0. The van der Waals surface area contributed by atoms with E-state index in [1.807, 2.05) is 52.7 Å². The Morgan fingerprint density at radius 1 is 1.19 bits per heavy atom. The van der Waals surface area contributed by atoms with Gasteiger partial charge in [-0.2, -0.15) is 0 Å². The maximum atomic E-state index is 12.7. The fourth-order valence-corrected chi connectivity index (χ4v) is 4.04. The number of urea groups is 1. The number of aromatic nitrogens is 1. The summed E-state index contributed by atoms with van der Waals surface area (Å²) in [4.78, 5) is 30.8. The summed E-state index contributed by atoms with van der Waals surface area (Å²) in [5.41, 5.74) is 4.21. The van der Waals surface area contributed by atoms with Crippen molar-refractivity contribution in [3.63, 3.8) is 0 Å². The highest BCUT2D eigenvalue weighted by atomic mass is 32.1. The predicted molar refractivity (Wildman–Crippen MR) is 120 cm³/mol. The monoisotopic (exact) mass is 436 g/mol. The largest absolute Gasteiger partial charge is 0.487 e. The number of anilines is 1. The molecule has 0 radical (unpaired) electrons. The topological polar surface area (TPSA) is 83.6 Å². The standard InChI is InChI=1S/C23H24N4O3S/c28-22-10-5-11-27(22)13-21(17-6-2-1-3-7-17)26-23(29)25-18-8-4-9-20(12-18)30-14-19-15-31-16-24-19/h1-4,6-9,12,15-16,21H,5,10-11,13-14H2,(H2,25,26,29). The number of benzene rings is 2. The van der Waals surface area contributed by atoms with E-state index in [-0.39, 0.29) is 18.0 Å². The first-order valence-corrected chi connectivity index (χ1v) is 11.1. The van der Waals surface area contributed by atoms with Gasteiger partial charge in [0.15, 0.2) is 0 Å². The molecule has 1 unspecified atom stereocenters. The maximum Gasteiger partial charge on any atom is 0.319 e. The lowest BCUT2D eigenvalue weighted by Crippen LogP contribution is -2.40. The molecule has 0 bridgehead atoms. The number of likely N-dealkylation sites (tertiary alicyclic amines) is 1. The molecule has 2 N–H and O–H groups in total.